The van der Waals surface area contributed by atoms with Crippen LogP contribution in [0.15, 0.2) is 24.3 Å². The highest BCUT2D eigenvalue weighted by atomic mass is 19.1. The molecule has 0 heterocycles. The van der Waals surface area contributed by atoms with Crippen LogP contribution in [0.2, 0.25) is 0 Å². The Kier molecular flexibility index (Phi) is 4.42. The van der Waals surface area contributed by atoms with Crippen molar-refractivity contribution in [3.63, 3.8) is 0 Å². The molecule has 0 bridgehead atoms. The maximum Gasteiger partial charge on any atom is 0.125 e. The molecule has 1 aromatic rings. The molecule has 2 unspecified atom stereocenters. The van der Waals surface area contributed by atoms with Gasteiger partial charge in [-0.3, -0.25) is 0 Å². The van der Waals surface area contributed by atoms with Gasteiger partial charge >= 0.3 is 0 Å². The summed E-state index contributed by atoms with van der Waals surface area (Å²) in [6, 6.07) is 8.82. The largest absolute Gasteiger partial charge is 0.367 e. The quantitative estimate of drug-likeness (QED) is 0.813. The van der Waals surface area contributed by atoms with Crippen LogP contribution in [0.5, 0.6) is 0 Å². The van der Waals surface area contributed by atoms with Gasteiger partial charge in [0.1, 0.15) is 11.4 Å². The Labute approximate surface area is 114 Å². The van der Waals surface area contributed by atoms with Crippen molar-refractivity contribution in [1.29, 1.82) is 5.26 Å². The van der Waals surface area contributed by atoms with E-state index < -0.39 is 5.54 Å². The Bertz CT molecular complexity index is 466. The topological polar surface area (TPSA) is 35.8 Å². The minimum atomic E-state index is -0.530. The van der Waals surface area contributed by atoms with Crippen molar-refractivity contribution in [3.8, 4) is 6.07 Å². The summed E-state index contributed by atoms with van der Waals surface area (Å²) in [7, 11) is 0. The second-order valence-corrected chi connectivity index (χ2v) is 5.53. The Morgan fingerprint density at radius 2 is 2.26 bits per heavy atom. The van der Waals surface area contributed by atoms with Crippen molar-refractivity contribution in [2.75, 3.05) is 5.32 Å². The SMILES string of the molecule is CCC1CCCC(C#N)(Nc2cccc(F)c2)CC1. The molecule has 19 heavy (non-hydrogen) atoms. The van der Waals surface area contributed by atoms with Crippen LogP contribution in [0.4, 0.5) is 10.1 Å². The third kappa shape index (κ3) is 3.47. The molecule has 1 fully saturated rings. The number of rotatable bonds is 3. The van der Waals surface area contributed by atoms with E-state index >= 15 is 0 Å². The van der Waals surface area contributed by atoms with Crippen LogP contribution in [0.1, 0.15) is 45.4 Å². The van der Waals surface area contributed by atoms with Gasteiger partial charge in [0.25, 0.3) is 0 Å². The number of hydrogen-bond donors (Lipinski definition) is 1. The average Bonchev–Trinajstić information content (AvgIpc) is 2.62. The zero-order valence-electron chi connectivity index (χ0n) is 11.5. The lowest BCUT2D eigenvalue weighted by Gasteiger charge is -2.27. The third-order valence-electron chi connectivity index (χ3n) is 4.19. The van der Waals surface area contributed by atoms with E-state index in [0.29, 0.717) is 5.69 Å². The first-order chi connectivity index (χ1) is 9.17. The van der Waals surface area contributed by atoms with Crippen molar-refractivity contribution in [2.45, 2.75) is 51.0 Å². The Morgan fingerprint density at radius 1 is 1.42 bits per heavy atom. The standard InChI is InChI=1S/C16H21FN2/c1-2-13-5-4-9-16(12-18,10-8-13)19-15-7-3-6-14(17)11-15/h3,6-7,11,13,19H,2,4-5,8-10H2,1H3. The number of nitrogens with zero attached hydrogens (tertiary/aromatic N) is 1. The average molecular weight is 260 g/mol. The molecule has 0 amide bonds. The van der Waals surface area contributed by atoms with Gasteiger partial charge in [-0.25, -0.2) is 4.39 Å². The molecule has 1 aliphatic carbocycles. The number of nitrogens with one attached hydrogen (secondary N) is 1. The van der Waals surface area contributed by atoms with Crippen molar-refractivity contribution < 1.29 is 4.39 Å². The van der Waals surface area contributed by atoms with E-state index in [9.17, 15) is 9.65 Å². The minimum absolute atomic E-state index is 0.266. The number of nitriles is 1. The second-order valence-electron chi connectivity index (χ2n) is 5.53. The molecule has 2 nitrogen and oxygen atoms in total. The second kappa shape index (κ2) is 6.06. The molecule has 0 radical (unpaired) electrons. The molecule has 0 spiro atoms. The molecular formula is C16H21FN2. The summed E-state index contributed by atoms with van der Waals surface area (Å²) in [6.07, 6.45) is 6.21. The highest BCUT2D eigenvalue weighted by Gasteiger charge is 2.32. The lowest BCUT2D eigenvalue weighted by atomic mass is 9.90. The Hall–Kier alpha value is -1.56. The Morgan fingerprint density at radius 3 is 2.95 bits per heavy atom. The summed E-state index contributed by atoms with van der Waals surface area (Å²) in [5, 5.41) is 12.8. The van der Waals surface area contributed by atoms with E-state index in [2.05, 4.69) is 18.3 Å². The molecule has 1 N–H and O–H groups in total. The highest BCUT2D eigenvalue weighted by Crippen LogP contribution is 2.34. The van der Waals surface area contributed by atoms with E-state index in [1.807, 2.05) is 6.07 Å². The van der Waals surface area contributed by atoms with Gasteiger partial charge in [-0.2, -0.15) is 5.26 Å². The van der Waals surface area contributed by atoms with E-state index in [-0.39, 0.29) is 5.82 Å². The first-order valence-corrected chi connectivity index (χ1v) is 7.12. The summed E-state index contributed by atoms with van der Waals surface area (Å²) >= 11 is 0. The van der Waals surface area contributed by atoms with Gasteiger partial charge in [0.15, 0.2) is 0 Å². The molecule has 0 saturated heterocycles. The molecule has 0 aromatic heterocycles. The maximum atomic E-state index is 13.2. The molecule has 1 saturated carbocycles. The predicted octanol–water partition coefficient (Wildman–Crippen LogP) is 4.49. The molecule has 2 atom stereocenters. The fourth-order valence-electron chi connectivity index (χ4n) is 2.93. The predicted molar refractivity (Wildman–Crippen MR) is 75.2 cm³/mol. The zero-order valence-corrected chi connectivity index (χ0v) is 11.5. The van der Waals surface area contributed by atoms with Crippen LogP contribution in [-0.2, 0) is 0 Å². The molecule has 2 rings (SSSR count). The minimum Gasteiger partial charge on any atom is -0.367 e. The number of hydrogen-bond acceptors (Lipinski definition) is 2. The lowest BCUT2D eigenvalue weighted by Crippen LogP contribution is -2.36. The van der Waals surface area contributed by atoms with E-state index in [1.54, 1.807) is 6.07 Å². The normalized spacial score (nSPS) is 27.3. The monoisotopic (exact) mass is 260 g/mol. The first kappa shape index (κ1) is 13.9. The summed E-state index contributed by atoms with van der Waals surface area (Å²) < 4.78 is 13.2. The molecule has 102 valence electrons. The van der Waals surface area contributed by atoms with Crippen molar-refractivity contribution in [2.24, 2.45) is 5.92 Å². The third-order valence-corrected chi connectivity index (χ3v) is 4.19. The van der Waals surface area contributed by atoms with Crippen LogP contribution in [0, 0.1) is 23.1 Å². The summed E-state index contributed by atoms with van der Waals surface area (Å²) in [6.45, 7) is 2.21. The maximum absolute atomic E-state index is 13.2. The van der Waals surface area contributed by atoms with Crippen LogP contribution in [0.25, 0.3) is 0 Å². The van der Waals surface area contributed by atoms with E-state index in [1.165, 1.54) is 25.0 Å². The van der Waals surface area contributed by atoms with Gasteiger partial charge < -0.3 is 5.32 Å². The van der Waals surface area contributed by atoms with Crippen LogP contribution in [0.3, 0.4) is 0 Å². The summed E-state index contributed by atoms with van der Waals surface area (Å²) in [4.78, 5) is 0. The molecule has 1 aromatic carbocycles. The van der Waals surface area contributed by atoms with Gasteiger partial charge in [0.05, 0.1) is 6.07 Å². The smallest absolute Gasteiger partial charge is 0.125 e. The van der Waals surface area contributed by atoms with Gasteiger partial charge in [-0.1, -0.05) is 25.8 Å². The Balaban J connectivity index is 2.12. The number of halogens is 1. The molecule has 1 aliphatic rings. The van der Waals surface area contributed by atoms with Crippen molar-refractivity contribution >= 4 is 5.69 Å². The summed E-state index contributed by atoms with van der Waals surface area (Å²) in [5.41, 5.74) is 0.175. The van der Waals surface area contributed by atoms with E-state index in [0.717, 1.165) is 31.6 Å². The van der Waals surface area contributed by atoms with Crippen LogP contribution < -0.4 is 5.32 Å². The first-order valence-electron chi connectivity index (χ1n) is 7.12. The van der Waals surface area contributed by atoms with Crippen molar-refractivity contribution in [1.82, 2.24) is 0 Å². The van der Waals surface area contributed by atoms with Crippen molar-refractivity contribution in [3.05, 3.63) is 30.1 Å². The lowest BCUT2D eigenvalue weighted by molar-refractivity contribution is 0.436. The summed E-state index contributed by atoms with van der Waals surface area (Å²) in [5.74, 6) is 0.461. The van der Waals surface area contributed by atoms with Gasteiger partial charge in [-0.15, -0.1) is 0 Å². The van der Waals surface area contributed by atoms with Gasteiger partial charge in [0.2, 0.25) is 0 Å². The fourth-order valence-corrected chi connectivity index (χ4v) is 2.93. The number of benzene rings is 1. The van der Waals surface area contributed by atoms with Gasteiger partial charge in [-0.05, 0) is 49.8 Å². The molecule has 0 aliphatic heterocycles. The highest BCUT2D eigenvalue weighted by molar-refractivity contribution is 5.47. The fraction of sp³-hybridized carbons (Fsp3) is 0.562. The molecular weight excluding hydrogens is 239 g/mol. The van der Waals surface area contributed by atoms with Crippen LogP contribution >= 0.6 is 0 Å². The van der Waals surface area contributed by atoms with E-state index in [4.69, 9.17) is 0 Å². The number of anilines is 1. The molecule has 3 heteroatoms. The van der Waals surface area contributed by atoms with Gasteiger partial charge in [0, 0.05) is 5.69 Å². The van der Waals surface area contributed by atoms with Crippen LogP contribution in [-0.4, -0.2) is 5.54 Å². The zero-order chi connectivity index (χ0) is 13.7.